The van der Waals surface area contributed by atoms with Gasteiger partial charge >= 0.3 is 6.18 Å². The van der Waals surface area contributed by atoms with Gasteiger partial charge in [0, 0.05) is 29.9 Å². The fraction of sp³-hybridized carbons (Fsp3) is 0.321. The van der Waals surface area contributed by atoms with Gasteiger partial charge in [-0.05, 0) is 55.9 Å². The first-order chi connectivity index (χ1) is 17.8. The quantitative estimate of drug-likeness (QED) is 0.303. The van der Waals surface area contributed by atoms with Gasteiger partial charge in [0.05, 0.1) is 24.0 Å². The first-order valence-corrected chi connectivity index (χ1v) is 12.4. The molecule has 0 aliphatic heterocycles. The summed E-state index contributed by atoms with van der Waals surface area (Å²) >= 11 is 0. The molecule has 1 aliphatic rings. The number of benzene rings is 2. The minimum Gasteiger partial charge on any atom is -0.367 e. The normalized spacial score (nSPS) is 13.6. The molecule has 5 rings (SSSR count). The van der Waals surface area contributed by atoms with E-state index in [1.165, 1.54) is 0 Å². The average molecular weight is 508 g/mol. The van der Waals surface area contributed by atoms with Gasteiger partial charge < -0.3 is 10.6 Å². The van der Waals surface area contributed by atoms with Crippen LogP contribution in [0.25, 0.3) is 16.9 Å². The number of nitrogens with one attached hydrogen (secondary N) is 2. The maximum atomic E-state index is 12.8. The van der Waals surface area contributed by atoms with Gasteiger partial charge in [-0.2, -0.15) is 13.2 Å². The number of carbonyl (C=O) groups excluding carboxylic acids is 1. The molecular formula is C28H28F3N5O. The first kappa shape index (κ1) is 24.8. The van der Waals surface area contributed by atoms with E-state index in [1.807, 2.05) is 66.1 Å². The average Bonchev–Trinajstić information content (AvgIpc) is 3.57. The highest BCUT2D eigenvalue weighted by atomic mass is 19.4. The summed E-state index contributed by atoms with van der Waals surface area (Å²) in [5.74, 6) is 0.242. The van der Waals surface area contributed by atoms with Gasteiger partial charge in [-0.15, -0.1) is 0 Å². The van der Waals surface area contributed by atoms with Crippen LogP contribution in [-0.2, 0) is 12.8 Å². The molecular weight excluding hydrogens is 479 g/mol. The van der Waals surface area contributed by atoms with E-state index in [2.05, 4.69) is 20.6 Å². The zero-order valence-corrected chi connectivity index (χ0v) is 20.5. The molecule has 0 atom stereocenters. The van der Waals surface area contributed by atoms with Crippen molar-refractivity contribution in [3.05, 3.63) is 83.3 Å². The summed E-state index contributed by atoms with van der Waals surface area (Å²) in [5, 5.41) is 5.85. The number of rotatable bonds is 9. The van der Waals surface area contributed by atoms with E-state index < -0.39 is 12.6 Å². The van der Waals surface area contributed by atoms with Gasteiger partial charge in [0.15, 0.2) is 11.5 Å². The Balaban J connectivity index is 1.46. The molecule has 2 aromatic carbocycles. The Hall–Kier alpha value is -3.88. The first-order valence-electron chi connectivity index (χ1n) is 12.4. The monoisotopic (exact) mass is 507 g/mol. The number of aryl methyl sites for hydroxylation is 3. The predicted octanol–water partition coefficient (Wildman–Crippen LogP) is 5.75. The van der Waals surface area contributed by atoms with E-state index in [-0.39, 0.29) is 18.5 Å². The Morgan fingerprint density at radius 2 is 1.89 bits per heavy atom. The van der Waals surface area contributed by atoms with E-state index >= 15 is 0 Å². The number of aromatic nitrogens is 3. The van der Waals surface area contributed by atoms with Gasteiger partial charge in [0.25, 0.3) is 5.91 Å². The molecule has 9 heteroatoms. The van der Waals surface area contributed by atoms with Crippen LogP contribution in [0.5, 0.6) is 0 Å². The standard InChI is InChI=1S/C28H28F3N5O/c1-18-15-20(8-12-23(18)27(37)35-21-10-11-21)24-16-33-26-25(32-14-13-28(29,30)31)34-22(17-36(24)26)9-7-19-5-3-2-4-6-19/h2-6,8,12,15-17,21H,7,9-11,13-14H2,1H3,(H,32,34)(H,35,37). The topological polar surface area (TPSA) is 71.3 Å². The van der Waals surface area contributed by atoms with E-state index in [0.29, 0.717) is 23.4 Å². The number of hydrogen-bond donors (Lipinski definition) is 2. The summed E-state index contributed by atoms with van der Waals surface area (Å²) in [6.45, 7) is 1.60. The van der Waals surface area contributed by atoms with Crippen molar-refractivity contribution >= 4 is 17.4 Å². The van der Waals surface area contributed by atoms with E-state index in [1.54, 1.807) is 6.20 Å². The van der Waals surface area contributed by atoms with Crippen molar-refractivity contribution in [1.82, 2.24) is 19.7 Å². The number of hydrogen-bond acceptors (Lipinski definition) is 4. The molecule has 1 fully saturated rings. The van der Waals surface area contributed by atoms with Gasteiger partial charge in [-0.25, -0.2) is 9.97 Å². The van der Waals surface area contributed by atoms with Gasteiger partial charge in [0.1, 0.15) is 0 Å². The minimum atomic E-state index is -4.26. The highest BCUT2D eigenvalue weighted by Gasteiger charge is 2.27. The fourth-order valence-corrected chi connectivity index (χ4v) is 4.30. The third kappa shape index (κ3) is 6.10. The summed E-state index contributed by atoms with van der Waals surface area (Å²) in [6.07, 6.45) is 1.74. The second kappa shape index (κ2) is 10.2. The Labute approximate surface area is 213 Å². The molecule has 0 saturated heterocycles. The number of anilines is 1. The fourth-order valence-electron chi connectivity index (χ4n) is 4.30. The smallest absolute Gasteiger partial charge is 0.367 e. The van der Waals surface area contributed by atoms with E-state index in [0.717, 1.165) is 47.3 Å². The van der Waals surface area contributed by atoms with Crippen molar-refractivity contribution in [3.63, 3.8) is 0 Å². The summed E-state index contributed by atoms with van der Waals surface area (Å²) < 4.78 is 40.2. The molecule has 2 N–H and O–H groups in total. The number of alkyl halides is 3. The lowest BCUT2D eigenvalue weighted by atomic mass is 10.0. The van der Waals surface area contributed by atoms with Crippen LogP contribution in [0.2, 0.25) is 0 Å². The lowest BCUT2D eigenvalue weighted by Crippen LogP contribution is -2.26. The van der Waals surface area contributed by atoms with Crippen LogP contribution in [0.1, 0.15) is 46.4 Å². The van der Waals surface area contributed by atoms with Gasteiger partial charge in [-0.1, -0.05) is 36.4 Å². The summed E-state index contributed by atoms with van der Waals surface area (Å²) in [4.78, 5) is 21.6. The molecule has 2 aromatic heterocycles. The molecule has 1 saturated carbocycles. The van der Waals surface area contributed by atoms with E-state index in [9.17, 15) is 18.0 Å². The molecule has 0 spiro atoms. The molecule has 1 aliphatic carbocycles. The maximum absolute atomic E-state index is 12.8. The van der Waals surface area contributed by atoms with Gasteiger partial charge in [-0.3, -0.25) is 9.20 Å². The second-order valence-electron chi connectivity index (χ2n) is 9.47. The molecule has 0 bridgehead atoms. The van der Waals surface area contributed by atoms with Crippen molar-refractivity contribution in [1.29, 1.82) is 0 Å². The highest BCUT2D eigenvalue weighted by molar-refractivity contribution is 5.96. The molecule has 192 valence electrons. The molecule has 0 radical (unpaired) electrons. The Morgan fingerprint density at radius 1 is 1.11 bits per heavy atom. The molecule has 6 nitrogen and oxygen atoms in total. The Morgan fingerprint density at radius 3 is 2.59 bits per heavy atom. The minimum absolute atomic E-state index is 0.0757. The molecule has 0 unspecified atom stereocenters. The summed E-state index contributed by atoms with van der Waals surface area (Å²) in [5.41, 5.74) is 5.44. The SMILES string of the molecule is Cc1cc(-c2cnc3c(NCCC(F)(F)F)nc(CCc4ccccc4)cn23)ccc1C(=O)NC1CC1. The van der Waals surface area contributed by atoms with Crippen LogP contribution < -0.4 is 10.6 Å². The summed E-state index contributed by atoms with van der Waals surface area (Å²) in [7, 11) is 0. The number of nitrogens with zero attached hydrogens (tertiary/aromatic N) is 3. The number of amides is 1. The Kier molecular flexibility index (Phi) is 6.86. The van der Waals surface area contributed by atoms with Crippen LogP contribution in [0.3, 0.4) is 0 Å². The predicted molar refractivity (Wildman–Crippen MR) is 137 cm³/mol. The molecule has 4 aromatic rings. The zero-order valence-electron chi connectivity index (χ0n) is 20.5. The number of fused-ring (bicyclic) bond motifs is 1. The molecule has 1 amide bonds. The number of carbonyl (C=O) groups is 1. The maximum Gasteiger partial charge on any atom is 0.390 e. The van der Waals surface area contributed by atoms with Crippen molar-refractivity contribution in [2.45, 2.75) is 51.2 Å². The zero-order chi connectivity index (χ0) is 26.0. The van der Waals surface area contributed by atoms with Crippen LogP contribution in [0.15, 0.2) is 60.9 Å². The summed E-state index contributed by atoms with van der Waals surface area (Å²) in [6, 6.07) is 15.9. The van der Waals surface area contributed by atoms with Crippen molar-refractivity contribution in [2.24, 2.45) is 0 Å². The van der Waals surface area contributed by atoms with Crippen molar-refractivity contribution in [2.75, 3.05) is 11.9 Å². The van der Waals surface area contributed by atoms with Crippen molar-refractivity contribution < 1.29 is 18.0 Å². The molecule has 2 heterocycles. The molecule has 37 heavy (non-hydrogen) atoms. The highest BCUT2D eigenvalue weighted by Crippen LogP contribution is 2.28. The number of halogens is 3. The van der Waals surface area contributed by atoms with Crippen molar-refractivity contribution in [3.8, 4) is 11.3 Å². The van der Waals surface area contributed by atoms with Crippen LogP contribution in [0.4, 0.5) is 19.0 Å². The Bertz CT molecular complexity index is 1410. The lowest BCUT2D eigenvalue weighted by Gasteiger charge is -2.13. The third-order valence-corrected chi connectivity index (χ3v) is 6.44. The van der Waals surface area contributed by atoms with Crippen LogP contribution >= 0.6 is 0 Å². The third-order valence-electron chi connectivity index (χ3n) is 6.44. The second-order valence-corrected chi connectivity index (χ2v) is 9.47. The van der Waals surface area contributed by atoms with E-state index in [4.69, 9.17) is 0 Å². The van der Waals surface area contributed by atoms with Crippen LogP contribution in [0, 0.1) is 6.92 Å². The number of imidazole rings is 1. The van der Waals surface area contributed by atoms with Gasteiger partial charge in [0.2, 0.25) is 0 Å². The largest absolute Gasteiger partial charge is 0.390 e. The lowest BCUT2D eigenvalue weighted by molar-refractivity contribution is -0.131. The van der Waals surface area contributed by atoms with Crippen LogP contribution in [-0.4, -0.2) is 39.0 Å².